The minimum absolute atomic E-state index is 0.325. The van der Waals surface area contributed by atoms with Crippen molar-refractivity contribution in [2.75, 3.05) is 13.7 Å². The van der Waals surface area contributed by atoms with Gasteiger partial charge in [0.15, 0.2) is 0 Å². The Labute approximate surface area is 131 Å². The summed E-state index contributed by atoms with van der Waals surface area (Å²) in [6.07, 6.45) is -0.142. The van der Waals surface area contributed by atoms with Crippen molar-refractivity contribution < 1.29 is 14.6 Å². The van der Waals surface area contributed by atoms with Gasteiger partial charge in [-0.1, -0.05) is 24.3 Å². The molecular weight excluding hydrogens is 280 g/mol. The number of nitrogens with zero attached hydrogens (tertiary/aromatic N) is 2. The molecule has 0 saturated carbocycles. The van der Waals surface area contributed by atoms with Gasteiger partial charge in [0.2, 0.25) is 0 Å². The maximum absolute atomic E-state index is 11.9. The first kappa shape index (κ1) is 16.5. The molecule has 5 heteroatoms. The number of rotatable bonds is 4. The first-order chi connectivity index (χ1) is 10.4. The molecule has 1 fully saturated rings. The highest BCUT2D eigenvalue weighted by molar-refractivity contribution is 5.76. The highest BCUT2D eigenvalue weighted by atomic mass is 16.5. The Morgan fingerprint density at radius 3 is 2.82 bits per heavy atom. The van der Waals surface area contributed by atoms with Crippen LogP contribution in [-0.2, 0) is 21.5 Å². The number of aliphatic hydroxyl groups excluding tert-OH is 1. The van der Waals surface area contributed by atoms with Crippen LogP contribution in [0.1, 0.15) is 31.4 Å². The van der Waals surface area contributed by atoms with Gasteiger partial charge in [-0.2, -0.15) is 5.26 Å². The van der Waals surface area contributed by atoms with Crippen LogP contribution in [0.5, 0.6) is 0 Å². The second kappa shape index (κ2) is 6.47. The van der Waals surface area contributed by atoms with Crippen molar-refractivity contribution in [3.05, 3.63) is 35.4 Å². The van der Waals surface area contributed by atoms with Crippen LogP contribution in [0.4, 0.5) is 0 Å². The molecule has 5 nitrogen and oxygen atoms in total. The number of likely N-dealkylation sites (tertiary alicyclic amines) is 1. The van der Waals surface area contributed by atoms with Gasteiger partial charge in [0.1, 0.15) is 6.04 Å². The van der Waals surface area contributed by atoms with Gasteiger partial charge in [-0.15, -0.1) is 0 Å². The molecule has 0 aliphatic carbocycles. The Hall–Kier alpha value is -1.90. The molecular formula is C17H22N2O3. The maximum Gasteiger partial charge on any atom is 0.323 e. The molecule has 1 aliphatic heterocycles. The van der Waals surface area contributed by atoms with Crippen LogP contribution in [0.2, 0.25) is 0 Å². The third kappa shape index (κ3) is 3.29. The van der Waals surface area contributed by atoms with Crippen LogP contribution >= 0.6 is 0 Å². The number of benzene rings is 1. The van der Waals surface area contributed by atoms with Crippen LogP contribution in [0, 0.1) is 11.3 Å². The molecule has 1 N–H and O–H groups in total. The molecule has 0 bridgehead atoms. The number of esters is 1. The van der Waals surface area contributed by atoms with Crippen molar-refractivity contribution in [3.63, 3.8) is 0 Å². The number of methoxy groups -OCH3 is 1. The summed E-state index contributed by atoms with van der Waals surface area (Å²) in [6, 6.07) is 9.63. The van der Waals surface area contributed by atoms with Crippen molar-refractivity contribution in [1.82, 2.24) is 4.90 Å². The molecule has 0 spiro atoms. The van der Waals surface area contributed by atoms with Gasteiger partial charge in [0.05, 0.1) is 24.7 Å². The molecule has 2 rings (SSSR count). The fourth-order valence-corrected chi connectivity index (χ4v) is 2.98. The van der Waals surface area contributed by atoms with E-state index in [4.69, 9.17) is 4.74 Å². The molecule has 1 heterocycles. The fraction of sp³-hybridized carbons (Fsp3) is 0.529. The largest absolute Gasteiger partial charge is 0.468 e. The number of hydrogen-bond acceptors (Lipinski definition) is 5. The molecule has 1 aromatic carbocycles. The van der Waals surface area contributed by atoms with E-state index in [1.54, 1.807) is 0 Å². The highest BCUT2D eigenvalue weighted by Gasteiger charge is 2.37. The molecule has 0 aromatic heterocycles. The number of ether oxygens (including phenoxy) is 1. The number of carbonyl (C=O) groups excluding carboxylic acids is 1. The summed E-state index contributed by atoms with van der Waals surface area (Å²) in [7, 11) is 1.36. The van der Waals surface area contributed by atoms with Gasteiger partial charge in [0.25, 0.3) is 0 Å². The van der Waals surface area contributed by atoms with Gasteiger partial charge >= 0.3 is 5.97 Å². The lowest BCUT2D eigenvalue weighted by Crippen LogP contribution is -2.37. The predicted octanol–water partition coefficient (Wildman–Crippen LogP) is 1.60. The summed E-state index contributed by atoms with van der Waals surface area (Å²) >= 11 is 0. The van der Waals surface area contributed by atoms with E-state index in [2.05, 4.69) is 6.07 Å². The van der Waals surface area contributed by atoms with Gasteiger partial charge in [-0.3, -0.25) is 9.69 Å². The third-order valence-corrected chi connectivity index (χ3v) is 4.20. The summed E-state index contributed by atoms with van der Waals surface area (Å²) < 4.78 is 4.83. The molecule has 0 radical (unpaired) electrons. The molecule has 0 unspecified atom stereocenters. The second-order valence-corrected chi connectivity index (χ2v) is 6.25. The number of β-amino-alcohol motifs (C(OH)–C–C–N with tert-alkyl or cyclic N) is 1. The van der Waals surface area contributed by atoms with Gasteiger partial charge < -0.3 is 9.84 Å². The van der Waals surface area contributed by atoms with Gasteiger partial charge in [-0.25, -0.2) is 0 Å². The topological polar surface area (TPSA) is 73.6 Å². The summed E-state index contributed by atoms with van der Waals surface area (Å²) in [6.45, 7) is 4.70. The van der Waals surface area contributed by atoms with Crippen LogP contribution in [0.25, 0.3) is 0 Å². The minimum Gasteiger partial charge on any atom is -0.468 e. The Balaban J connectivity index is 2.27. The van der Waals surface area contributed by atoms with Gasteiger partial charge in [-0.05, 0) is 25.0 Å². The fourth-order valence-electron chi connectivity index (χ4n) is 2.98. The molecule has 2 atom stereocenters. The number of nitriles is 1. The van der Waals surface area contributed by atoms with E-state index >= 15 is 0 Å². The third-order valence-electron chi connectivity index (χ3n) is 4.20. The van der Waals surface area contributed by atoms with Crippen molar-refractivity contribution in [2.45, 2.75) is 44.4 Å². The smallest absolute Gasteiger partial charge is 0.323 e. The Bertz CT molecular complexity index is 592. The molecule has 1 saturated heterocycles. The summed E-state index contributed by atoms with van der Waals surface area (Å²) in [5, 5.41) is 19.2. The zero-order valence-corrected chi connectivity index (χ0v) is 13.2. The SMILES string of the molecule is COC(=O)[C@@H]1C[C@@H](O)CN1Cc1ccccc1C(C)(C)C#N. The minimum atomic E-state index is -0.601. The van der Waals surface area contributed by atoms with Crippen LogP contribution < -0.4 is 0 Å². The van der Waals surface area contributed by atoms with Crippen LogP contribution in [-0.4, -0.2) is 41.8 Å². The Morgan fingerprint density at radius 2 is 2.18 bits per heavy atom. The normalized spacial score (nSPS) is 22.3. The lowest BCUT2D eigenvalue weighted by atomic mass is 9.83. The quantitative estimate of drug-likeness (QED) is 0.855. The standard InChI is InChI=1S/C17H22N2O3/c1-17(2,11-18)14-7-5-4-6-12(14)9-19-10-13(20)8-15(19)16(21)22-3/h4-7,13,15,20H,8-10H2,1-3H3/t13-,15+/m1/s1. The van der Waals surface area contributed by atoms with Crippen molar-refractivity contribution in [1.29, 1.82) is 5.26 Å². The average Bonchev–Trinajstić information content (AvgIpc) is 2.87. The van der Waals surface area contributed by atoms with E-state index in [0.29, 0.717) is 19.5 Å². The molecule has 118 valence electrons. The monoisotopic (exact) mass is 302 g/mol. The van der Waals surface area contributed by atoms with Gasteiger partial charge in [0, 0.05) is 19.5 Å². The Kier molecular flexibility index (Phi) is 4.84. The maximum atomic E-state index is 11.9. The zero-order chi connectivity index (χ0) is 16.3. The molecule has 22 heavy (non-hydrogen) atoms. The van der Waals surface area contributed by atoms with Crippen molar-refractivity contribution >= 4 is 5.97 Å². The Morgan fingerprint density at radius 1 is 1.50 bits per heavy atom. The number of hydrogen-bond donors (Lipinski definition) is 1. The van der Waals surface area contributed by atoms with Crippen LogP contribution in [0.15, 0.2) is 24.3 Å². The predicted molar refractivity (Wildman–Crippen MR) is 81.9 cm³/mol. The second-order valence-electron chi connectivity index (χ2n) is 6.25. The van der Waals surface area contributed by atoms with Crippen molar-refractivity contribution in [2.24, 2.45) is 0 Å². The summed E-state index contributed by atoms with van der Waals surface area (Å²) in [5.41, 5.74) is 1.34. The zero-order valence-electron chi connectivity index (χ0n) is 13.2. The lowest BCUT2D eigenvalue weighted by Gasteiger charge is -2.26. The summed E-state index contributed by atoms with van der Waals surface area (Å²) in [5.74, 6) is -0.325. The van der Waals surface area contributed by atoms with E-state index in [-0.39, 0.29) is 5.97 Å². The van der Waals surface area contributed by atoms with E-state index < -0.39 is 17.6 Å². The van der Waals surface area contributed by atoms with E-state index in [0.717, 1.165) is 11.1 Å². The first-order valence-electron chi connectivity index (χ1n) is 7.38. The van der Waals surface area contributed by atoms with Crippen molar-refractivity contribution in [3.8, 4) is 6.07 Å². The number of aliphatic hydroxyl groups is 1. The first-order valence-corrected chi connectivity index (χ1v) is 7.38. The van der Waals surface area contributed by atoms with Crippen LogP contribution in [0.3, 0.4) is 0 Å². The molecule has 0 amide bonds. The van der Waals surface area contributed by atoms with E-state index in [1.165, 1.54) is 7.11 Å². The van der Waals surface area contributed by atoms with E-state index in [9.17, 15) is 15.2 Å². The lowest BCUT2D eigenvalue weighted by molar-refractivity contribution is -0.146. The summed E-state index contributed by atoms with van der Waals surface area (Å²) in [4.78, 5) is 13.8. The highest BCUT2D eigenvalue weighted by Crippen LogP contribution is 2.29. The molecule has 1 aromatic rings. The number of carbonyl (C=O) groups is 1. The van der Waals surface area contributed by atoms with E-state index in [1.807, 2.05) is 43.0 Å². The average molecular weight is 302 g/mol. The molecule has 1 aliphatic rings.